The largest absolute Gasteiger partial charge is 0.352 e. The normalized spacial score (nSPS) is 16.0. The summed E-state index contributed by atoms with van der Waals surface area (Å²) in [6, 6.07) is 7.89. The minimum absolute atomic E-state index is 0.0998. The zero-order chi connectivity index (χ0) is 18.2. The summed E-state index contributed by atoms with van der Waals surface area (Å²) in [5.41, 5.74) is 1.91. The van der Waals surface area contributed by atoms with Crippen molar-refractivity contribution in [1.82, 2.24) is 15.1 Å². The smallest absolute Gasteiger partial charge is 0.253 e. The van der Waals surface area contributed by atoms with E-state index in [1.807, 2.05) is 50.1 Å². The fourth-order valence-corrected chi connectivity index (χ4v) is 3.19. The first kappa shape index (κ1) is 19.3. The van der Waals surface area contributed by atoms with Crippen LogP contribution in [-0.2, 0) is 6.54 Å². The molecule has 5 heteroatoms. The molecule has 1 saturated heterocycles. The molecule has 1 aliphatic heterocycles. The van der Waals surface area contributed by atoms with Gasteiger partial charge in [0.15, 0.2) is 5.96 Å². The lowest BCUT2D eigenvalue weighted by atomic mass is 9.99. The van der Waals surface area contributed by atoms with E-state index < -0.39 is 0 Å². The molecule has 25 heavy (non-hydrogen) atoms. The highest BCUT2D eigenvalue weighted by molar-refractivity contribution is 5.94. The van der Waals surface area contributed by atoms with Crippen LogP contribution >= 0.6 is 0 Å². The second-order valence-corrected chi connectivity index (χ2v) is 6.74. The van der Waals surface area contributed by atoms with Gasteiger partial charge in [0.25, 0.3) is 5.91 Å². The highest BCUT2D eigenvalue weighted by atomic mass is 16.2. The van der Waals surface area contributed by atoms with E-state index in [2.05, 4.69) is 22.1 Å². The van der Waals surface area contributed by atoms with E-state index >= 15 is 0 Å². The summed E-state index contributed by atoms with van der Waals surface area (Å²) in [4.78, 5) is 20.9. The second-order valence-electron chi connectivity index (χ2n) is 6.74. The maximum absolute atomic E-state index is 12.3. The monoisotopic (exact) mass is 344 g/mol. The van der Waals surface area contributed by atoms with Crippen LogP contribution in [0.15, 0.2) is 29.3 Å². The van der Waals surface area contributed by atoms with Gasteiger partial charge in [0.2, 0.25) is 0 Å². The third-order valence-electron chi connectivity index (χ3n) is 5.00. The lowest BCUT2D eigenvalue weighted by Gasteiger charge is -2.32. The summed E-state index contributed by atoms with van der Waals surface area (Å²) >= 11 is 0. The van der Waals surface area contributed by atoms with Crippen molar-refractivity contribution in [2.24, 2.45) is 10.9 Å². The number of nitrogens with zero attached hydrogens (tertiary/aromatic N) is 3. The first-order valence-electron chi connectivity index (χ1n) is 9.42. The predicted molar refractivity (Wildman–Crippen MR) is 104 cm³/mol. The van der Waals surface area contributed by atoms with Gasteiger partial charge in [-0.25, -0.2) is 0 Å². The molecule has 0 spiro atoms. The molecular formula is C20H32N4O. The Morgan fingerprint density at radius 2 is 1.80 bits per heavy atom. The maximum Gasteiger partial charge on any atom is 0.253 e. The Bertz CT molecular complexity index is 570. The third-order valence-corrected chi connectivity index (χ3v) is 5.00. The van der Waals surface area contributed by atoms with E-state index in [1.165, 1.54) is 12.8 Å². The summed E-state index contributed by atoms with van der Waals surface area (Å²) in [5, 5.41) is 3.44. The molecule has 0 atom stereocenters. The number of carbonyl (C=O) groups excluding carboxylic acids is 1. The summed E-state index contributed by atoms with van der Waals surface area (Å²) in [7, 11) is 1.84. The van der Waals surface area contributed by atoms with Gasteiger partial charge in [-0.15, -0.1) is 0 Å². The van der Waals surface area contributed by atoms with Crippen LogP contribution < -0.4 is 5.32 Å². The van der Waals surface area contributed by atoms with Gasteiger partial charge in [-0.05, 0) is 50.3 Å². The number of guanidine groups is 1. The quantitative estimate of drug-likeness (QED) is 0.660. The van der Waals surface area contributed by atoms with E-state index in [9.17, 15) is 4.79 Å². The number of carbonyl (C=O) groups is 1. The van der Waals surface area contributed by atoms with Crippen molar-refractivity contribution in [3.8, 4) is 0 Å². The molecular weight excluding hydrogens is 312 g/mol. The van der Waals surface area contributed by atoms with Crippen LogP contribution in [0.3, 0.4) is 0 Å². The molecule has 2 rings (SSSR count). The number of aliphatic imine (C=N–C) groups is 1. The van der Waals surface area contributed by atoms with Gasteiger partial charge in [-0.2, -0.15) is 0 Å². The third kappa shape index (κ3) is 5.21. The molecule has 5 nitrogen and oxygen atoms in total. The number of amides is 1. The Labute approximate surface area is 152 Å². The van der Waals surface area contributed by atoms with Crippen molar-refractivity contribution in [2.45, 2.75) is 40.2 Å². The molecule has 1 aliphatic rings. The minimum Gasteiger partial charge on any atom is -0.352 e. The Balaban J connectivity index is 1.91. The molecule has 1 fully saturated rings. The zero-order valence-electron chi connectivity index (χ0n) is 16.1. The van der Waals surface area contributed by atoms with E-state index in [0.29, 0.717) is 0 Å². The minimum atomic E-state index is 0.0998. The Hall–Kier alpha value is -2.04. The molecule has 0 radical (unpaired) electrons. The first-order chi connectivity index (χ1) is 12.1. The molecule has 1 N–H and O–H groups in total. The van der Waals surface area contributed by atoms with Gasteiger partial charge in [-0.3, -0.25) is 9.79 Å². The predicted octanol–water partition coefficient (Wildman–Crippen LogP) is 2.98. The number of benzene rings is 1. The molecule has 138 valence electrons. The summed E-state index contributed by atoms with van der Waals surface area (Å²) in [6.45, 7) is 10.7. The van der Waals surface area contributed by atoms with Gasteiger partial charge in [0.05, 0.1) is 0 Å². The maximum atomic E-state index is 12.3. The van der Waals surface area contributed by atoms with Gasteiger partial charge in [-0.1, -0.05) is 19.1 Å². The summed E-state index contributed by atoms with van der Waals surface area (Å²) in [5.74, 6) is 1.88. The van der Waals surface area contributed by atoms with Gasteiger partial charge < -0.3 is 15.1 Å². The van der Waals surface area contributed by atoms with Crippen LogP contribution in [0.2, 0.25) is 0 Å². The van der Waals surface area contributed by atoms with Crippen LogP contribution in [0.1, 0.15) is 49.5 Å². The molecule has 1 aromatic carbocycles. The Morgan fingerprint density at radius 3 is 2.32 bits per heavy atom. The lowest BCUT2D eigenvalue weighted by molar-refractivity contribution is 0.0773. The van der Waals surface area contributed by atoms with Crippen molar-refractivity contribution in [3.05, 3.63) is 35.4 Å². The van der Waals surface area contributed by atoms with Crippen LogP contribution in [0.4, 0.5) is 0 Å². The first-order valence-corrected chi connectivity index (χ1v) is 9.42. The van der Waals surface area contributed by atoms with Crippen LogP contribution in [0.5, 0.6) is 0 Å². The lowest BCUT2D eigenvalue weighted by Crippen LogP contribution is -2.45. The average Bonchev–Trinajstić information content (AvgIpc) is 2.65. The number of rotatable bonds is 5. The molecule has 1 aromatic rings. The topological polar surface area (TPSA) is 47.9 Å². The Kier molecular flexibility index (Phi) is 7.29. The van der Waals surface area contributed by atoms with Gasteiger partial charge in [0.1, 0.15) is 0 Å². The molecule has 1 amide bonds. The highest BCUT2D eigenvalue weighted by Gasteiger charge is 2.18. The van der Waals surface area contributed by atoms with Gasteiger partial charge in [0, 0.05) is 45.3 Å². The van der Waals surface area contributed by atoms with E-state index in [1.54, 1.807) is 0 Å². The van der Waals surface area contributed by atoms with Gasteiger partial charge >= 0.3 is 0 Å². The molecule has 1 heterocycles. The molecule has 0 unspecified atom stereocenters. The molecule has 0 bridgehead atoms. The van der Waals surface area contributed by atoms with Crippen molar-refractivity contribution in [1.29, 1.82) is 0 Å². The fraction of sp³-hybridized carbons (Fsp3) is 0.600. The number of hydrogen-bond donors (Lipinski definition) is 1. The van der Waals surface area contributed by atoms with Crippen molar-refractivity contribution in [3.63, 3.8) is 0 Å². The average molecular weight is 345 g/mol. The molecule has 0 aromatic heterocycles. The second kappa shape index (κ2) is 9.44. The standard InChI is InChI=1S/C20H32N4O/c1-5-23(6-2)19(25)18-9-7-17(8-10-18)15-22-20(21-4)24-13-11-16(3)12-14-24/h7-10,16H,5-6,11-15H2,1-4H3,(H,21,22). The van der Waals surface area contributed by atoms with Crippen LogP contribution in [0.25, 0.3) is 0 Å². The van der Waals surface area contributed by atoms with Crippen molar-refractivity contribution < 1.29 is 4.79 Å². The van der Waals surface area contributed by atoms with E-state index in [0.717, 1.165) is 55.7 Å². The fourth-order valence-electron chi connectivity index (χ4n) is 3.19. The van der Waals surface area contributed by atoms with Crippen LogP contribution in [-0.4, -0.2) is 54.9 Å². The SMILES string of the molecule is CCN(CC)C(=O)c1ccc(CNC(=NC)N2CCC(C)CC2)cc1. The van der Waals surface area contributed by atoms with E-state index in [4.69, 9.17) is 0 Å². The zero-order valence-corrected chi connectivity index (χ0v) is 16.1. The van der Waals surface area contributed by atoms with Crippen molar-refractivity contribution in [2.75, 3.05) is 33.2 Å². The highest BCUT2D eigenvalue weighted by Crippen LogP contribution is 2.16. The number of likely N-dealkylation sites (tertiary alicyclic amines) is 1. The molecule has 0 saturated carbocycles. The number of nitrogens with one attached hydrogen (secondary N) is 1. The van der Waals surface area contributed by atoms with Crippen LogP contribution in [0, 0.1) is 5.92 Å². The summed E-state index contributed by atoms with van der Waals surface area (Å²) in [6.07, 6.45) is 2.45. The summed E-state index contributed by atoms with van der Waals surface area (Å²) < 4.78 is 0. The number of hydrogen-bond acceptors (Lipinski definition) is 2. The number of piperidine rings is 1. The molecule has 0 aliphatic carbocycles. The van der Waals surface area contributed by atoms with E-state index in [-0.39, 0.29) is 5.91 Å². The Morgan fingerprint density at radius 1 is 1.20 bits per heavy atom. The van der Waals surface area contributed by atoms with Crippen molar-refractivity contribution >= 4 is 11.9 Å².